The van der Waals surface area contributed by atoms with Gasteiger partial charge in [-0.1, -0.05) is 30.3 Å². The molecule has 0 saturated carbocycles. The van der Waals surface area contributed by atoms with Crippen LogP contribution in [0.25, 0.3) is 10.9 Å². The Morgan fingerprint density at radius 2 is 1.95 bits per heavy atom. The molecule has 2 aromatic carbocycles. The number of hydrogen-bond acceptors (Lipinski definition) is 3. The molecule has 2 N–H and O–H groups in total. The van der Waals surface area contributed by atoms with Gasteiger partial charge in [-0.15, -0.1) is 0 Å². The molecule has 100 valence electrons. The maximum atomic E-state index is 9.78. The quantitative estimate of drug-likeness (QED) is 0.752. The van der Waals surface area contributed by atoms with E-state index in [0.29, 0.717) is 12.3 Å². The van der Waals surface area contributed by atoms with E-state index < -0.39 is 0 Å². The third-order valence-corrected chi connectivity index (χ3v) is 3.57. The minimum atomic E-state index is 0.302. The average Bonchev–Trinajstić information content (AvgIpc) is 2.46. The molecule has 1 heterocycles. The number of phenolic OH excluding ortho intramolecular Hbond substituents is 1. The fraction of sp³-hybridized carbons (Fsp3) is 0.0625. The fourth-order valence-electron chi connectivity index (χ4n) is 2.13. The topological polar surface area (TPSA) is 45.1 Å². The number of pyridine rings is 1. The second-order valence-corrected chi connectivity index (χ2v) is 5.43. The van der Waals surface area contributed by atoms with E-state index in [9.17, 15) is 5.11 Å². The number of nitrogens with zero attached hydrogens (tertiary/aromatic N) is 1. The lowest BCUT2D eigenvalue weighted by Gasteiger charge is -2.10. The van der Waals surface area contributed by atoms with Gasteiger partial charge in [0, 0.05) is 28.2 Å². The third-order valence-electron chi connectivity index (χ3n) is 3.14. The fourth-order valence-corrected chi connectivity index (χ4v) is 2.48. The van der Waals surface area contributed by atoms with Crippen molar-refractivity contribution in [3.8, 4) is 5.75 Å². The first kappa shape index (κ1) is 12.9. The van der Waals surface area contributed by atoms with Gasteiger partial charge in [0.05, 0.1) is 11.2 Å². The standard InChI is InChI=1S/C16H13BrN2O/c17-13-8-11-5-3-6-14(16(11)19-10-13)18-9-12-4-1-2-7-15(12)20/h1-8,10,18,20H,9H2. The Labute approximate surface area is 125 Å². The summed E-state index contributed by atoms with van der Waals surface area (Å²) >= 11 is 3.43. The van der Waals surface area contributed by atoms with Gasteiger partial charge in [-0.05, 0) is 34.1 Å². The Morgan fingerprint density at radius 1 is 1.10 bits per heavy atom. The summed E-state index contributed by atoms with van der Waals surface area (Å²) in [5, 5.41) is 14.2. The number of aromatic nitrogens is 1. The number of phenols is 1. The first-order valence-corrected chi connectivity index (χ1v) is 7.08. The summed E-state index contributed by atoms with van der Waals surface area (Å²) in [5.41, 5.74) is 2.74. The molecule has 0 unspecified atom stereocenters. The molecule has 0 radical (unpaired) electrons. The molecular weight excluding hydrogens is 316 g/mol. The number of aromatic hydroxyl groups is 1. The predicted octanol–water partition coefficient (Wildman–Crippen LogP) is 4.32. The molecule has 3 aromatic rings. The lowest BCUT2D eigenvalue weighted by atomic mass is 10.1. The van der Waals surface area contributed by atoms with Gasteiger partial charge < -0.3 is 10.4 Å². The molecule has 0 aliphatic rings. The van der Waals surface area contributed by atoms with Crippen molar-refractivity contribution in [1.29, 1.82) is 0 Å². The van der Waals surface area contributed by atoms with Crippen LogP contribution in [0.3, 0.4) is 0 Å². The molecular formula is C16H13BrN2O. The van der Waals surface area contributed by atoms with Crippen LogP contribution in [0.1, 0.15) is 5.56 Å². The summed E-state index contributed by atoms with van der Waals surface area (Å²) in [4.78, 5) is 4.44. The van der Waals surface area contributed by atoms with Crippen molar-refractivity contribution in [2.75, 3.05) is 5.32 Å². The molecule has 4 heteroatoms. The number of benzene rings is 2. The van der Waals surface area contributed by atoms with Gasteiger partial charge in [-0.2, -0.15) is 0 Å². The van der Waals surface area contributed by atoms with E-state index in [1.807, 2.05) is 42.5 Å². The van der Waals surface area contributed by atoms with Crippen LogP contribution >= 0.6 is 15.9 Å². The van der Waals surface area contributed by atoms with Crippen molar-refractivity contribution in [3.63, 3.8) is 0 Å². The van der Waals surface area contributed by atoms with E-state index in [-0.39, 0.29) is 0 Å². The van der Waals surface area contributed by atoms with E-state index in [0.717, 1.165) is 26.6 Å². The predicted molar refractivity (Wildman–Crippen MR) is 84.9 cm³/mol. The minimum absolute atomic E-state index is 0.302. The molecule has 0 atom stereocenters. The van der Waals surface area contributed by atoms with Crippen LogP contribution in [0.5, 0.6) is 5.75 Å². The van der Waals surface area contributed by atoms with Gasteiger partial charge in [0.25, 0.3) is 0 Å². The molecule has 0 bridgehead atoms. The van der Waals surface area contributed by atoms with Crippen LogP contribution in [0.15, 0.2) is 59.2 Å². The van der Waals surface area contributed by atoms with Gasteiger partial charge in [-0.25, -0.2) is 0 Å². The average molecular weight is 329 g/mol. The van der Waals surface area contributed by atoms with Gasteiger partial charge in [0.2, 0.25) is 0 Å². The Hall–Kier alpha value is -2.07. The number of para-hydroxylation sites is 2. The first-order chi connectivity index (χ1) is 9.74. The Balaban J connectivity index is 1.90. The van der Waals surface area contributed by atoms with Gasteiger partial charge in [-0.3, -0.25) is 4.98 Å². The summed E-state index contributed by atoms with van der Waals surface area (Å²) in [6.07, 6.45) is 1.79. The van der Waals surface area contributed by atoms with E-state index >= 15 is 0 Å². The lowest BCUT2D eigenvalue weighted by molar-refractivity contribution is 0.469. The van der Waals surface area contributed by atoms with Crippen LogP contribution in [-0.4, -0.2) is 10.1 Å². The molecule has 0 amide bonds. The highest BCUT2D eigenvalue weighted by molar-refractivity contribution is 9.10. The SMILES string of the molecule is Oc1ccccc1CNc1cccc2cc(Br)cnc12. The van der Waals surface area contributed by atoms with Crippen LogP contribution < -0.4 is 5.32 Å². The number of hydrogen-bond donors (Lipinski definition) is 2. The van der Waals surface area contributed by atoms with Crippen LogP contribution in [-0.2, 0) is 6.54 Å². The number of nitrogens with one attached hydrogen (secondary N) is 1. The van der Waals surface area contributed by atoms with Crippen molar-refractivity contribution < 1.29 is 5.11 Å². The zero-order valence-electron chi connectivity index (χ0n) is 10.7. The number of rotatable bonds is 3. The van der Waals surface area contributed by atoms with Crippen molar-refractivity contribution in [2.24, 2.45) is 0 Å². The smallest absolute Gasteiger partial charge is 0.120 e. The van der Waals surface area contributed by atoms with E-state index in [1.165, 1.54) is 0 Å². The maximum Gasteiger partial charge on any atom is 0.120 e. The highest BCUT2D eigenvalue weighted by atomic mass is 79.9. The second-order valence-electron chi connectivity index (χ2n) is 4.51. The van der Waals surface area contributed by atoms with Gasteiger partial charge in [0.1, 0.15) is 5.75 Å². The zero-order valence-corrected chi connectivity index (χ0v) is 12.3. The summed E-state index contributed by atoms with van der Waals surface area (Å²) in [5.74, 6) is 0.302. The number of halogens is 1. The molecule has 0 saturated heterocycles. The summed E-state index contributed by atoms with van der Waals surface area (Å²) < 4.78 is 0.961. The van der Waals surface area contributed by atoms with Crippen LogP contribution in [0, 0.1) is 0 Å². The van der Waals surface area contributed by atoms with Crippen molar-refractivity contribution >= 4 is 32.5 Å². The lowest BCUT2D eigenvalue weighted by Crippen LogP contribution is -2.00. The Bertz CT molecular complexity index is 758. The summed E-state index contributed by atoms with van der Waals surface area (Å²) in [7, 11) is 0. The molecule has 0 aliphatic heterocycles. The third kappa shape index (κ3) is 2.60. The molecule has 20 heavy (non-hydrogen) atoms. The molecule has 3 rings (SSSR count). The van der Waals surface area contributed by atoms with Crippen molar-refractivity contribution in [3.05, 3.63) is 64.8 Å². The zero-order chi connectivity index (χ0) is 13.9. The molecule has 3 nitrogen and oxygen atoms in total. The minimum Gasteiger partial charge on any atom is -0.508 e. The molecule has 0 aliphatic carbocycles. The highest BCUT2D eigenvalue weighted by Gasteiger charge is 2.04. The van der Waals surface area contributed by atoms with Crippen LogP contribution in [0.2, 0.25) is 0 Å². The number of fused-ring (bicyclic) bond motifs is 1. The van der Waals surface area contributed by atoms with Crippen molar-refractivity contribution in [2.45, 2.75) is 6.54 Å². The van der Waals surface area contributed by atoms with E-state index in [1.54, 1.807) is 12.3 Å². The largest absolute Gasteiger partial charge is 0.508 e. The first-order valence-electron chi connectivity index (χ1n) is 6.29. The monoisotopic (exact) mass is 328 g/mol. The Kier molecular flexibility index (Phi) is 3.56. The summed E-state index contributed by atoms with van der Waals surface area (Å²) in [6, 6.07) is 15.4. The van der Waals surface area contributed by atoms with Gasteiger partial charge >= 0.3 is 0 Å². The maximum absolute atomic E-state index is 9.78. The van der Waals surface area contributed by atoms with Crippen LogP contribution in [0.4, 0.5) is 5.69 Å². The van der Waals surface area contributed by atoms with Gasteiger partial charge in [0.15, 0.2) is 0 Å². The molecule has 0 spiro atoms. The molecule has 1 aromatic heterocycles. The van der Waals surface area contributed by atoms with E-state index in [2.05, 4.69) is 26.2 Å². The Morgan fingerprint density at radius 3 is 2.80 bits per heavy atom. The van der Waals surface area contributed by atoms with E-state index in [4.69, 9.17) is 0 Å². The van der Waals surface area contributed by atoms with Crippen molar-refractivity contribution in [1.82, 2.24) is 4.98 Å². The number of anilines is 1. The normalized spacial score (nSPS) is 10.7. The highest BCUT2D eigenvalue weighted by Crippen LogP contribution is 2.25. The second kappa shape index (κ2) is 5.51. The summed E-state index contributed by atoms with van der Waals surface area (Å²) in [6.45, 7) is 0.559. The molecule has 0 fully saturated rings.